The molecule has 0 radical (unpaired) electrons. The van der Waals surface area contributed by atoms with Gasteiger partial charge in [0.1, 0.15) is 0 Å². The van der Waals surface area contributed by atoms with E-state index in [0.717, 1.165) is 71.2 Å². The van der Waals surface area contributed by atoms with Crippen LogP contribution in [0.5, 0.6) is 0 Å². The van der Waals surface area contributed by atoms with Gasteiger partial charge in [-0.3, -0.25) is 19.5 Å². The minimum absolute atomic E-state index is 0.0718. The number of carbonyl (C=O) groups is 2. The summed E-state index contributed by atoms with van der Waals surface area (Å²) >= 11 is 0. The zero-order valence-electron chi connectivity index (χ0n) is 17.7. The first kappa shape index (κ1) is 20.3. The van der Waals surface area contributed by atoms with E-state index < -0.39 is 0 Å². The van der Waals surface area contributed by atoms with E-state index in [4.69, 9.17) is 0 Å². The van der Waals surface area contributed by atoms with Crippen LogP contribution in [0.25, 0.3) is 0 Å². The molecule has 1 aromatic rings. The van der Waals surface area contributed by atoms with Crippen molar-refractivity contribution in [2.75, 3.05) is 39.8 Å². The summed E-state index contributed by atoms with van der Waals surface area (Å²) in [5, 5.41) is 0. The Morgan fingerprint density at radius 3 is 2.62 bits per heavy atom. The number of amides is 2. The van der Waals surface area contributed by atoms with E-state index in [1.807, 2.05) is 24.5 Å². The molecule has 0 aliphatic carbocycles. The first-order valence-electron chi connectivity index (χ1n) is 11.2. The van der Waals surface area contributed by atoms with Crippen LogP contribution in [0.3, 0.4) is 0 Å². The summed E-state index contributed by atoms with van der Waals surface area (Å²) in [6, 6.07) is 4.12. The molecule has 158 valence electrons. The van der Waals surface area contributed by atoms with Crippen molar-refractivity contribution < 1.29 is 9.59 Å². The fourth-order valence-corrected chi connectivity index (χ4v) is 5.33. The van der Waals surface area contributed by atoms with Crippen molar-refractivity contribution in [1.29, 1.82) is 0 Å². The number of likely N-dealkylation sites (N-methyl/N-ethyl adjacent to an activating group) is 1. The number of nitrogens with zero attached hydrogens (tertiary/aromatic N) is 4. The maximum absolute atomic E-state index is 13.0. The highest BCUT2D eigenvalue weighted by Gasteiger charge is 2.42. The number of rotatable bonds is 4. The number of piperidine rings is 3. The van der Waals surface area contributed by atoms with Crippen LogP contribution in [0, 0.1) is 5.41 Å². The number of aromatic nitrogens is 1. The largest absolute Gasteiger partial charge is 0.342 e. The summed E-state index contributed by atoms with van der Waals surface area (Å²) in [5.41, 5.74) is 1.42. The highest BCUT2D eigenvalue weighted by atomic mass is 16.2. The molecule has 0 aromatic carbocycles. The van der Waals surface area contributed by atoms with Gasteiger partial charge < -0.3 is 9.80 Å². The average molecular weight is 399 g/mol. The van der Waals surface area contributed by atoms with Gasteiger partial charge in [0, 0.05) is 45.0 Å². The summed E-state index contributed by atoms with van der Waals surface area (Å²) in [5.74, 6) is 0.607. The lowest BCUT2D eigenvalue weighted by atomic mass is 9.72. The fourth-order valence-electron chi connectivity index (χ4n) is 5.33. The minimum atomic E-state index is 0.0718. The molecule has 0 bridgehead atoms. The Morgan fingerprint density at radius 2 is 1.90 bits per heavy atom. The third-order valence-corrected chi connectivity index (χ3v) is 7.36. The van der Waals surface area contributed by atoms with Crippen molar-refractivity contribution in [3.63, 3.8) is 0 Å². The molecule has 1 spiro atoms. The Kier molecular flexibility index (Phi) is 6.18. The van der Waals surface area contributed by atoms with Crippen LogP contribution in [-0.2, 0) is 16.0 Å². The van der Waals surface area contributed by atoms with Crippen LogP contribution in [0.15, 0.2) is 24.5 Å². The van der Waals surface area contributed by atoms with E-state index in [1.165, 1.54) is 12.0 Å². The molecular weight excluding hydrogens is 364 g/mol. The Morgan fingerprint density at radius 1 is 1.14 bits per heavy atom. The molecule has 2 amide bonds. The topological polar surface area (TPSA) is 56.8 Å². The van der Waals surface area contributed by atoms with Crippen LogP contribution in [0.2, 0.25) is 0 Å². The third kappa shape index (κ3) is 4.63. The summed E-state index contributed by atoms with van der Waals surface area (Å²) < 4.78 is 0. The number of hydrogen-bond donors (Lipinski definition) is 0. The van der Waals surface area contributed by atoms with Gasteiger partial charge in [0.05, 0.1) is 6.04 Å². The second kappa shape index (κ2) is 8.82. The Labute approximate surface area is 174 Å². The number of carbonyl (C=O) groups excluding carboxylic acids is 2. The van der Waals surface area contributed by atoms with Gasteiger partial charge >= 0.3 is 0 Å². The van der Waals surface area contributed by atoms with E-state index in [2.05, 4.69) is 26.7 Å². The van der Waals surface area contributed by atoms with Crippen molar-refractivity contribution in [3.8, 4) is 0 Å². The van der Waals surface area contributed by atoms with E-state index in [0.29, 0.717) is 12.3 Å². The van der Waals surface area contributed by atoms with E-state index >= 15 is 0 Å². The molecule has 0 N–H and O–H groups in total. The van der Waals surface area contributed by atoms with Crippen LogP contribution in [-0.4, -0.2) is 77.3 Å². The number of hydrogen-bond acceptors (Lipinski definition) is 4. The molecule has 0 unspecified atom stereocenters. The van der Waals surface area contributed by atoms with Crippen LogP contribution >= 0.6 is 0 Å². The molecule has 3 aliphatic rings. The van der Waals surface area contributed by atoms with Crippen molar-refractivity contribution >= 4 is 11.8 Å². The molecule has 4 heterocycles. The Balaban J connectivity index is 1.32. The van der Waals surface area contributed by atoms with E-state index in [-0.39, 0.29) is 17.4 Å². The zero-order valence-corrected chi connectivity index (χ0v) is 17.7. The predicted octanol–water partition coefficient (Wildman–Crippen LogP) is 2.34. The summed E-state index contributed by atoms with van der Waals surface area (Å²) in [4.78, 5) is 36.0. The van der Waals surface area contributed by atoms with Crippen molar-refractivity contribution in [2.24, 2.45) is 5.41 Å². The molecule has 29 heavy (non-hydrogen) atoms. The van der Waals surface area contributed by atoms with Crippen molar-refractivity contribution in [1.82, 2.24) is 19.7 Å². The molecule has 4 rings (SSSR count). The van der Waals surface area contributed by atoms with Gasteiger partial charge in [0.2, 0.25) is 11.8 Å². The van der Waals surface area contributed by atoms with Gasteiger partial charge in [-0.1, -0.05) is 6.42 Å². The van der Waals surface area contributed by atoms with Gasteiger partial charge in [-0.25, -0.2) is 0 Å². The molecule has 3 saturated heterocycles. The van der Waals surface area contributed by atoms with Gasteiger partial charge in [-0.2, -0.15) is 0 Å². The maximum atomic E-state index is 13.0. The monoisotopic (exact) mass is 398 g/mol. The number of pyridine rings is 1. The van der Waals surface area contributed by atoms with E-state index in [1.54, 1.807) is 0 Å². The standard InChI is InChI=1S/C23H34N4O2/c1-25-14-3-2-4-20(25)22(29)26-16-10-23(11-17-26)9-5-21(28)27(18-23)15-8-19-6-12-24-13-7-19/h6-7,12-13,20H,2-5,8-11,14-18H2,1H3/t20-/m0/s1. The smallest absolute Gasteiger partial charge is 0.239 e. The summed E-state index contributed by atoms with van der Waals surface area (Å²) in [7, 11) is 2.08. The lowest BCUT2D eigenvalue weighted by molar-refractivity contribution is -0.145. The second-order valence-corrected chi connectivity index (χ2v) is 9.24. The summed E-state index contributed by atoms with van der Waals surface area (Å²) in [6.07, 6.45) is 11.5. The number of likely N-dealkylation sites (tertiary alicyclic amines) is 3. The molecule has 3 aliphatic heterocycles. The molecule has 3 fully saturated rings. The molecule has 6 nitrogen and oxygen atoms in total. The summed E-state index contributed by atoms with van der Waals surface area (Å²) in [6.45, 7) is 4.34. The lowest BCUT2D eigenvalue weighted by Crippen LogP contribution is -2.55. The average Bonchev–Trinajstić information content (AvgIpc) is 2.76. The van der Waals surface area contributed by atoms with Gasteiger partial charge in [-0.15, -0.1) is 0 Å². The molecule has 0 saturated carbocycles. The molecule has 6 heteroatoms. The maximum Gasteiger partial charge on any atom is 0.239 e. The van der Waals surface area contributed by atoms with Crippen molar-refractivity contribution in [2.45, 2.75) is 57.4 Å². The third-order valence-electron chi connectivity index (χ3n) is 7.36. The fraction of sp³-hybridized carbons (Fsp3) is 0.696. The Bertz CT molecular complexity index is 715. The van der Waals surface area contributed by atoms with Crippen LogP contribution in [0.1, 0.15) is 50.5 Å². The van der Waals surface area contributed by atoms with Gasteiger partial charge in [0.25, 0.3) is 0 Å². The normalized spacial score (nSPS) is 25.4. The van der Waals surface area contributed by atoms with E-state index in [9.17, 15) is 9.59 Å². The first-order valence-corrected chi connectivity index (χ1v) is 11.2. The zero-order chi connectivity index (χ0) is 20.3. The SMILES string of the molecule is CN1CCCC[C@H]1C(=O)N1CCC2(CCC(=O)N(CCc3ccncc3)C2)CC1. The Hall–Kier alpha value is -1.95. The van der Waals surface area contributed by atoms with Crippen LogP contribution in [0.4, 0.5) is 0 Å². The van der Waals surface area contributed by atoms with Gasteiger partial charge in [0.15, 0.2) is 0 Å². The quantitative estimate of drug-likeness (QED) is 0.781. The van der Waals surface area contributed by atoms with Crippen LogP contribution < -0.4 is 0 Å². The lowest BCUT2D eigenvalue weighted by Gasteiger charge is -2.48. The predicted molar refractivity (Wildman–Crippen MR) is 112 cm³/mol. The second-order valence-electron chi connectivity index (χ2n) is 9.24. The van der Waals surface area contributed by atoms with Gasteiger partial charge in [-0.05, 0) is 75.2 Å². The first-order chi connectivity index (χ1) is 14.1. The van der Waals surface area contributed by atoms with Crippen molar-refractivity contribution in [3.05, 3.63) is 30.1 Å². The highest BCUT2D eigenvalue weighted by molar-refractivity contribution is 5.82. The molecule has 1 atom stereocenters. The highest BCUT2D eigenvalue weighted by Crippen LogP contribution is 2.40. The molecular formula is C23H34N4O2. The minimum Gasteiger partial charge on any atom is -0.342 e. The molecule has 1 aromatic heterocycles.